The highest BCUT2D eigenvalue weighted by Gasteiger charge is 2.42. The van der Waals surface area contributed by atoms with Gasteiger partial charge in [-0.3, -0.25) is 9.59 Å². The molecule has 1 aromatic carbocycles. The molecule has 1 spiro atoms. The number of hydrogen-bond donors (Lipinski definition) is 0. The topological polar surface area (TPSA) is 59.1 Å². The largest absolute Gasteiger partial charge is 0.347 e. The highest BCUT2D eigenvalue weighted by Crippen LogP contribution is 2.31. The Hall–Kier alpha value is -1.92. The summed E-state index contributed by atoms with van der Waals surface area (Å²) in [5.41, 5.74) is 1.81. The number of benzene rings is 1. The Morgan fingerprint density at radius 1 is 1.21 bits per heavy atom. The molecule has 3 rings (SSSR count). The van der Waals surface area contributed by atoms with Crippen LogP contribution in [-0.2, 0) is 19.1 Å². The molecule has 2 heterocycles. The molecule has 0 radical (unpaired) electrons. The Labute approximate surface area is 142 Å². The van der Waals surface area contributed by atoms with Gasteiger partial charge in [0.2, 0.25) is 0 Å². The molecule has 0 saturated carbocycles. The number of anilines is 1. The molecule has 2 aliphatic rings. The number of hydrogen-bond acceptors (Lipinski definition) is 4. The van der Waals surface area contributed by atoms with Gasteiger partial charge in [0, 0.05) is 38.2 Å². The van der Waals surface area contributed by atoms with Gasteiger partial charge in [-0.2, -0.15) is 0 Å². The Bertz CT molecular complexity index is 615. The van der Waals surface area contributed by atoms with Crippen molar-refractivity contribution in [2.24, 2.45) is 0 Å². The van der Waals surface area contributed by atoms with E-state index in [4.69, 9.17) is 9.47 Å². The van der Waals surface area contributed by atoms with Crippen molar-refractivity contribution in [2.75, 3.05) is 37.7 Å². The lowest BCUT2D eigenvalue weighted by molar-refractivity contribution is -0.187. The number of carbonyl (C=O) groups excluding carboxylic acids is 2. The molecule has 2 fully saturated rings. The first kappa shape index (κ1) is 16.9. The number of rotatable bonds is 2. The van der Waals surface area contributed by atoms with Gasteiger partial charge in [-0.1, -0.05) is 12.1 Å². The minimum atomic E-state index is -0.541. The Balaban J connectivity index is 1.66. The fourth-order valence-electron chi connectivity index (χ4n) is 3.33. The van der Waals surface area contributed by atoms with Gasteiger partial charge >= 0.3 is 11.8 Å². The smallest absolute Gasteiger partial charge is 0.316 e. The molecule has 0 unspecified atom stereocenters. The second-order valence-corrected chi connectivity index (χ2v) is 6.29. The molecule has 2 saturated heterocycles. The maximum Gasteiger partial charge on any atom is 0.316 e. The fourth-order valence-corrected chi connectivity index (χ4v) is 3.33. The van der Waals surface area contributed by atoms with Crippen LogP contribution >= 0.6 is 0 Å². The van der Waals surface area contributed by atoms with Gasteiger partial charge in [-0.25, -0.2) is 0 Å². The van der Waals surface area contributed by atoms with Crippen LogP contribution in [0.5, 0.6) is 0 Å². The third kappa shape index (κ3) is 3.30. The zero-order valence-electron chi connectivity index (χ0n) is 14.3. The standard InChI is InChI=1S/C18H24N2O4/c1-3-20(15-6-4-5-14(2)13-15)17(22)16(21)19-9-7-18(8-10-19)23-11-12-24-18/h4-6,13H,3,7-12H2,1-2H3. The van der Waals surface area contributed by atoms with Gasteiger partial charge in [0.05, 0.1) is 13.2 Å². The van der Waals surface area contributed by atoms with Crippen LogP contribution in [0.2, 0.25) is 0 Å². The molecule has 0 aliphatic carbocycles. The van der Waals surface area contributed by atoms with E-state index in [0.717, 1.165) is 11.3 Å². The van der Waals surface area contributed by atoms with Crippen LogP contribution in [0.3, 0.4) is 0 Å². The lowest BCUT2D eigenvalue weighted by atomic mass is 10.0. The summed E-state index contributed by atoms with van der Waals surface area (Å²) in [6, 6.07) is 7.63. The van der Waals surface area contributed by atoms with E-state index in [9.17, 15) is 9.59 Å². The number of likely N-dealkylation sites (N-methyl/N-ethyl adjacent to an activating group) is 1. The van der Waals surface area contributed by atoms with Crippen molar-refractivity contribution >= 4 is 17.5 Å². The third-order valence-corrected chi connectivity index (χ3v) is 4.68. The first-order valence-corrected chi connectivity index (χ1v) is 8.50. The van der Waals surface area contributed by atoms with Crippen molar-refractivity contribution in [3.63, 3.8) is 0 Å². The summed E-state index contributed by atoms with van der Waals surface area (Å²) in [6.45, 7) is 6.46. The Morgan fingerprint density at radius 3 is 2.46 bits per heavy atom. The van der Waals surface area contributed by atoms with Crippen LogP contribution in [0, 0.1) is 6.92 Å². The van der Waals surface area contributed by atoms with E-state index >= 15 is 0 Å². The quantitative estimate of drug-likeness (QED) is 0.774. The summed E-state index contributed by atoms with van der Waals surface area (Å²) in [4.78, 5) is 28.4. The van der Waals surface area contributed by atoms with Crippen LogP contribution in [0.15, 0.2) is 24.3 Å². The molecule has 0 bridgehead atoms. The SMILES string of the molecule is CCN(C(=O)C(=O)N1CCC2(CC1)OCCO2)c1cccc(C)c1. The first-order chi connectivity index (χ1) is 11.5. The predicted molar refractivity (Wildman–Crippen MR) is 89.7 cm³/mol. The van der Waals surface area contributed by atoms with Gasteiger partial charge in [-0.15, -0.1) is 0 Å². The highest BCUT2D eigenvalue weighted by atomic mass is 16.7. The Morgan fingerprint density at radius 2 is 1.88 bits per heavy atom. The van der Waals surface area contributed by atoms with E-state index in [2.05, 4.69) is 0 Å². The monoisotopic (exact) mass is 332 g/mol. The molecule has 0 aromatic heterocycles. The van der Waals surface area contributed by atoms with Crippen LogP contribution < -0.4 is 4.90 Å². The second-order valence-electron chi connectivity index (χ2n) is 6.29. The van der Waals surface area contributed by atoms with Gasteiger partial charge in [0.15, 0.2) is 5.79 Å². The van der Waals surface area contributed by atoms with Crippen molar-refractivity contribution in [1.29, 1.82) is 0 Å². The van der Waals surface area contributed by atoms with Gasteiger partial charge in [0.25, 0.3) is 0 Å². The van der Waals surface area contributed by atoms with Crippen molar-refractivity contribution in [1.82, 2.24) is 4.90 Å². The summed E-state index contributed by atoms with van der Waals surface area (Å²) in [5.74, 6) is -1.47. The Kier molecular flexibility index (Phi) is 4.87. The van der Waals surface area contributed by atoms with E-state index in [-0.39, 0.29) is 0 Å². The van der Waals surface area contributed by atoms with Gasteiger partial charge in [0.1, 0.15) is 0 Å². The highest BCUT2D eigenvalue weighted by molar-refractivity contribution is 6.40. The number of piperidine rings is 1. The predicted octanol–water partition coefficient (Wildman–Crippen LogP) is 1.71. The summed E-state index contributed by atoms with van der Waals surface area (Å²) in [5, 5.41) is 0. The number of nitrogens with zero attached hydrogens (tertiary/aromatic N) is 2. The molecule has 24 heavy (non-hydrogen) atoms. The van der Waals surface area contributed by atoms with Crippen molar-refractivity contribution in [3.05, 3.63) is 29.8 Å². The lowest BCUT2D eigenvalue weighted by Crippen LogP contribution is -2.52. The van der Waals surface area contributed by atoms with Crippen LogP contribution in [-0.4, -0.2) is 55.3 Å². The zero-order chi connectivity index (χ0) is 17.2. The molecule has 2 amide bonds. The van der Waals surface area contributed by atoms with Crippen molar-refractivity contribution in [2.45, 2.75) is 32.5 Å². The summed E-state index contributed by atoms with van der Waals surface area (Å²) < 4.78 is 11.3. The normalized spacial score (nSPS) is 19.5. The van der Waals surface area contributed by atoms with E-state index in [1.165, 1.54) is 4.90 Å². The zero-order valence-corrected chi connectivity index (χ0v) is 14.3. The third-order valence-electron chi connectivity index (χ3n) is 4.68. The summed E-state index contributed by atoms with van der Waals surface area (Å²) in [6.07, 6.45) is 1.23. The summed E-state index contributed by atoms with van der Waals surface area (Å²) >= 11 is 0. The second kappa shape index (κ2) is 6.91. The van der Waals surface area contributed by atoms with Crippen molar-refractivity contribution < 1.29 is 19.1 Å². The number of likely N-dealkylation sites (tertiary alicyclic amines) is 1. The van der Waals surface area contributed by atoms with E-state index in [0.29, 0.717) is 45.7 Å². The molecule has 0 atom stereocenters. The first-order valence-electron chi connectivity index (χ1n) is 8.50. The minimum absolute atomic E-state index is 0.453. The van der Waals surface area contributed by atoms with E-state index < -0.39 is 17.6 Å². The summed E-state index contributed by atoms with van der Waals surface area (Å²) in [7, 11) is 0. The number of carbonyl (C=O) groups is 2. The molecule has 0 N–H and O–H groups in total. The molecular formula is C18H24N2O4. The van der Waals surface area contributed by atoms with Gasteiger partial charge < -0.3 is 19.3 Å². The molecular weight excluding hydrogens is 308 g/mol. The molecule has 1 aromatic rings. The van der Waals surface area contributed by atoms with Crippen LogP contribution in [0.4, 0.5) is 5.69 Å². The number of amides is 2. The molecule has 130 valence electrons. The maximum absolute atomic E-state index is 12.7. The van der Waals surface area contributed by atoms with E-state index in [1.54, 1.807) is 4.90 Å². The van der Waals surface area contributed by atoms with Crippen molar-refractivity contribution in [3.8, 4) is 0 Å². The minimum Gasteiger partial charge on any atom is -0.347 e. The fraction of sp³-hybridized carbons (Fsp3) is 0.556. The average molecular weight is 332 g/mol. The van der Waals surface area contributed by atoms with Crippen LogP contribution in [0.25, 0.3) is 0 Å². The molecule has 6 nitrogen and oxygen atoms in total. The molecule has 6 heteroatoms. The van der Waals surface area contributed by atoms with E-state index in [1.807, 2.05) is 38.1 Å². The van der Waals surface area contributed by atoms with Gasteiger partial charge in [-0.05, 0) is 31.5 Å². The average Bonchev–Trinajstić information content (AvgIpc) is 3.04. The lowest BCUT2D eigenvalue weighted by Gasteiger charge is -2.37. The maximum atomic E-state index is 12.7. The number of aryl methyl sites for hydroxylation is 1. The molecule has 2 aliphatic heterocycles. The van der Waals surface area contributed by atoms with Crippen LogP contribution in [0.1, 0.15) is 25.3 Å². The number of ether oxygens (including phenoxy) is 2.